The summed E-state index contributed by atoms with van der Waals surface area (Å²) >= 11 is 0. The van der Waals surface area contributed by atoms with Crippen molar-refractivity contribution < 1.29 is 32.5 Å². The number of rotatable bonds is 14. The largest absolute Gasteiger partial charge is 0.497 e. The Morgan fingerprint density at radius 2 is 1.64 bits per heavy atom. The number of hydrogen-bond acceptors (Lipinski definition) is 9. The fourth-order valence-electron chi connectivity index (χ4n) is 4.97. The van der Waals surface area contributed by atoms with Gasteiger partial charge in [-0.15, -0.1) is 0 Å². The molecule has 2 atom stereocenters. The van der Waals surface area contributed by atoms with Gasteiger partial charge in [0, 0.05) is 25.0 Å². The van der Waals surface area contributed by atoms with E-state index in [0.29, 0.717) is 41.3 Å². The summed E-state index contributed by atoms with van der Waals surface area (Å²) in [4.78, 5) is 19.3. The number of para-hydroxylation sites is 1. The zero-order valence-corrected chi connectivity index (χ0v) is 25.6. The van der Waals surface area contributed by atoms with Gasteiger partial charge in [-0.05, 0) is 66.2 Å². The third-order valence-corrected chi connectivity index (χ3v) is 9.11. The Hall–Kier alpha value is -4.87. The van der Waals surface area contributed by atoms with Gasteiger partial charge in [-0.2, -0.15) is 0 Å². The molecule has 0 fully saturated rings. The second kappa shape index (κ2) is 14.3. The highest BCUT2D eigenvalue weighted by Gasteiger charge is 2.54. The molecule has 45 heavy (non-hydrogen) atoms. The van der Waals surface area contributed by atoms with Crippen LogP contribution in [0.3, 0.4) is 0 Å². The van der Waals surface area contributed by atoms with Crippen LogP contribution in [0.15, 0.2) is 119 Å². The Labute approximate surface area is 262 Å². The van der Waals surface area contributed by atoms with Gasteiger partial charge in [0.25, 0.3) is 5.91 Å². The van der Waals surface area contributed by atoms with E-state index in [4.69, 9.17) is 24.3 Å². The molecule has 3 N–H and O–H groups in total. The molecule has 0 saturated heterocycles. The van der Waals surface area contributed by atoms with E-state index in [0.717, 1.165) is 0 Å². The second-order valence-corrected chi connectivity index (χ2v) is 12.5. The molecule has 234 valence electrons. The molecular formula is C34H35N3O7S. The lowest BCUT2D eigenvalue weighted by Crippen LogP contribution is -2.51. The Kier molecular flexibility index (Phi) is 10.0. The second-order valence-electron chi connectivity index (χ2n) is 10.4. The third kappa shape index (κ3) is 7.44. The minimum Gasteiger partial charge on any atom is -0.497 e. The van der Waals surface area contributed by atoms with Gasteiger partial charge >= 0.3 is 0 Å². The molecule has 10 nitrogen and oxygen atoms in total. The summed E-state index contributed by atoms with van der Waals surface area (Å²) in [6, 6.07) is 31.3. The first-order valence-electron chi connectivity index (χ1n) is 14.5. The molecule has 1 aliphatic heterocycles. The van der Waals surface area contributed by atoms with Crippen molar-refractivity contribution in [3.63, 3.8) is 0 Å². The van der Waals surface area contributed by atoms with Gasteiger partial charge in [-0.25, -0.2) is 13.4 Å². The normalized spacial score (nSPS) is 17.6. The fraction of sp³-hybridized carbons (Fsp3) is 0.235. The van der Waals surface area contributed by atoms with Crippen molar-refractivity contribution in [2.75, 3.05) is 31.5 Å². The van der Waals surface area contributed by atoms with Gasteiger partial charge in [0.15, 0.2) is 21.5 Å². The van der Waals surface area contributed by atoms with Gasteiger partial charge in [-0.1, -0.05) is 48.5 Å². The first-order chi connectivity index (χ1) is 21.8. The monoisotopic (exact) mass is 629 g/mol. The number of aliphatic hydroxyl groups is 1. The topological polar surface area (TPSA) is 136 Å². The van der Waals surface area contributed by atoms with Crippen LogP contribution in [-0.2, 0) is 19.4 Å². The number of ether oxygens (including phenoxy) is 3. The van der Waals surface area contributed by atoms with Gasteiger partial charge in [0.1, 0.15) is 11.5 Å². The lowest BCUT2D eigenvalue weighted by atomic mass is 9.85. The average molecular weight is 630 g/mol. The van der Waals surface area contributed by atoms with E-state index in [2.05, 4.69) is 10.9 Å². The number of amides is 1. The molecule has 0 bridgehead atoms. The van der Waals surface area contributed by atoms with E-state index < -0.39 is 27.4 Å². The number of carbonyl (C=O) groups is 1. The molecule has 1 heterocycles. The quantitative estimate of drug-likeness (QED) is 0.135. The fourth-order valence-corrected chi connectivity index (χ4v) is 6.36. The number of carbonyl (C=O) groups excluding carboxylic acids is 1. The summed E-state index contributed by atoms with van der Waals surface area (Å²) in [5.41, 5.74) is 5.78. The number of nitrogens with zero attached hydrogens (tertiary/aromatic N) is 1. The number of methoxy groups -OCH3 is 1. The number of aliphatic imine (C=N–C) groups is 1. The summed E-state index contributed by atoms with van der Waals surface area (Å²) in [6.45, 7) is 0.385. The summed E-state index contributed by atoms with van der Waals surface area (Å²) in [6.07, 6.45) is -0.674. The van der Waals surface area contributed by atoms with Crippen molar-refractivity contribution >= 4 is 27.3 Å². The van der Waals surface area contributed by atoms with Crippen LogP contribution in [0.25, 0.3) is 0 Å². The number of hydrogen-bond donors (Lipinski definition) is 3. The van der Waals surface area contributed by atoms with Crippen molar-refractivity contribution in [2.45, 2.75) is 29.4 Å². The van der Waals surface area contributed by atoms with Crippen LogP contribution >= 0.6 is 0 Å². The first-order valence-corrected chi connectivity index (χ1v) is 16.1. The Bertz CT molecular complexity index is 1720. The van der Waals surface area contributed by atoms with Gasteiger partial charge < -0.3 is 19.3 Å². The maximum atomic E-state index is 14.3. The van der Waals surface area contributed by atoms with E-state index in [9.17, 15) is 13.2 Å². The van der Waals surface area contributed by atoms with E-state index in [1.807, 2.05) is 18.2 Å². The summed E-state index contributed by atoms with van der Waals surface area (Å²) in [7, 11) is -2.25. The predicted molar refractivity (Wildman–Crippen MR) is 171 cm³/mol. The van der Waals surface area contributed by atoms with Crippen LogP contribution in [0.4, 0.5) is 5.69 Å². The molecule has 0 spiro atoms. The highest BCUT2D eigenvalue weighted by atomic mass is 32.2. The zero-order valence-electron chi connectivity index (χ0n) is 24.8. The molecule has 0 aliphatic carbocycles. The molecule has 0 unspecified atom stereocenters. The van der Waals surface area contributed by atoms with Crippen LogP contribution in [0.2, 0.25) is 0 Å². The van der Waals surface area contributed by atoms with Gasteiger partial charge in [-0.3, -0.25) is 15.6 Å². The summed E-state index contributed by atoms with van der Waals surface area (Å²) < 4.78 is 44.6. The number of sulfone groups is 1. The molecule has 4 aromatic rings. The van der Waals surface area contributed by atoms with E-state index in [1.54, 1.807) is 78.9 Å². The molecule has 0 radical (unpaired) electrons. The van der Waals surface area contributed by atoms with Gasteiger partial charge in [0.05, 0.1) is 30.1 Å². The van der Waals surface area contributed by atoms with Crippen molar-refractivity contribution in [1.29, 1.82) is 0 Å². The van der Waals surface area contributed by atoms with E-state index in [1.165, 1.54) is 19.2 Å². The first kappa shape index (κ1) is 31.6. The van der Waals surface area contributed by atoms with Crippen LogP contribution in [0.1, 0.15) is 30.1 Å². The number of aliphatic hydroxyl groups excluding tert-OH is 1. The smallest absolute Gasteiger partial charge is 0.270 e. The lowest BCUT2D eigenvalue weighted by molar-refractivity contribution is -0.128. The molecule has 1 amide bonds. The summed E-state index contributed by atoms with van der Waals surface area (Å²) in [5.74, 6) is 0.384. The third-order valence-electron chi connectivity index (χ3n) is 7.37. The minimum absolute atomic E-state index is 0.0255. The van der Waals surface area contributed by atoms with Crippen LogP contribution in [0, 0.1) is 0 Å². The molecule has 0 saturated carbocycles. The zero-order chi connectivity index (χ0) is 31.7. The lowest BCUT2D eigenvalue weighted by Gasteiger charge is -2.31. The number of anilines is 1. The maximum absolute atomic E-state index is 14.3. The van der Waals surface area contributed by atoms with E-state index >= 15 is 0 Å². The van der Waals surface area contributed by atoms with Crippen LogP contribution in [0.5, 0.6) is 11.5 Å². The maximum Gasteiger partial charge on any atom is 0.270 e. The van der Waals surface area contributed by atoms with Crippen molar-refractivity contribution in [3.05, 3.63) is 120 Å². The van der Waals surface area contributed by atoms with Crippen LogP contribution < -0.4 is 20.3 Å². The van der Waals surface area contributed by atoms with Crippen molar-refractivity contribution in [1.82, 2.24) is 5.43 Å². The SMILES string of the molecule is COc1cccc([C@@H]2OC(c3ccc(OCCCO)cc3)=N[C@]2(CCS(=O)(=O)c2ccccc2)C(=O)NNc2ccccc2)c1. The standard InChI is InChI=1S/C34H35N3O7S/c1-42-29-13-8-10-26(24-29)31-34(33(39)37-36-27-11-4-2-5-12-27,20-23-45(40,41)30-14-6-3-7-15-30)35-32(44-31)25-16-18-28(19-17-25)43-22-9-21-38/h2-8,10-19,24,31,36,38H,9,20-23H2,1H3,(H,37,39)/t31-,34-/m0/s1. The molecule has 11 heteroatoms. The number of benzene rings is 4. The predicted octanol–water partition coefficient (Wildman–Crippen LogP) is 4.72. The Morgan fingerprint density at radius 3 is 2.33 bits per heavy atom. The highest BCUT2D eigenvalue weighted by Crippen LogP contribution is 2.44. The van der Waals surface area contributed by atoms with Crippen LogP contribution in [-0.4, -0.2) is 56.9 Å². The molecule has 4 aromatic carbocycles. The van der Waals surface area contributed by atoms with Crippen molar-refractivity contribution in [2.24, 2.45) is 4.99 Å². The van der Waals surface area contributed by atoms with E-state index in [-0.39, 0.29) is 29.6 Å². The van der Waals surface area contributed by atoms with Gasteiger partial charge in [0.2, 0.25) is 5.90 Å². The highest BCUT2D eigenvalue weighted by molar-refractivity contribution is 7.91. The molecule has 1 aliphatic rings. The number of hydrazine groups is 1. The molecular weight excluding hydrogens is 594 g/mol. The minimum atomic E-state index is -3.79. The molecule has 0 aromatic heterocycles. The Morgan fingerprint density at radius 1 is 0.933 bits per heavy atom. The van der Waals surface area contributed by atoms with Crippen molar-refractivity contribution in [3.8, 4) is 11.5 Å². The number of nitrogens with one attached hydrogen (secondary N) is 2. The average Bonchev–Trinajstić information content (AvgIpc) is 3.49. The Balaban J connectivity index is 1.56. The summed E-state index contributed by atoms with van der Waals surface area (Å²) in [5, 5.41) is 9.04. The molecule has 5 rings (SSSR count).